The van der Waals surface area contributed by atoms with Crippen LogP contribution in [0.3, 0.4) is 0 Å². The van der Waals surface area contributed by atoms with Gasteiger partial charge in [0.2, 0.25) is 5.91 Å². The second kappa shape index (κ2) is 37.6. The first-order valence-corrected chi connectivity index (χ1v) is 22.8. The number of hydrogen-bond donors (Lipinski definition) is 3. The first-order chi connectivity index (χ1) is 30.5. The van der Waals surface area contributed by atoms with Crippen LogP contribution in [0.1, 0.15) is 93.6 Å². The summed E-state index contributed by atoms with van der Waals surface area (Å²) in [5, 5.41) is 10.6. The van der Waals surface area contributed by atoms with Crippen molar-refractivity contribution in [3.8, 4) is 0 Å². The molecule has 3 N–H and O–H groups in total. The Kier molecular flexibility index (Phi) is 34.7. The van der Waals surface area contributed by atoms with Crippen molar-refractivity contribution in [2.24, 2.45) is 20.5 Å². The summed E-state index contributed by atoms with van der Waals surface area (Å²) in [7, 11) is 1.72. The molecule has 0 aliphatic carbocycles. The molecule has 1 aromatic rings. The summed E-state index contributed by atoms with van der Waals surface area (Å²) in [5.41, 5.74) is 8.25. The fraction of sp³-hybridized carbons (Fsp3) is 0.529. The molecule has 1 unspecified atom stereocenters. The Morgan fingerprint density at radius 2 is 1.81 bits per heavy atom. The van der Waals surface area contributed by atoms with Crippen LogP contribution in [0, 0.1) is 5.41 Å². The van der Waals surface area contributed by atoms with E-state index in [0.29, 0.717) is 26.0 Å². The second-order valence-electron chi connectivity index (χ2n) is 14.9. The maximum absolute atomic E-state index is 12.9. The Labute approximate surface area is 382 Å². The van der Waals surface area contributed by atoms with Gasteiger partial charge in [-0.1, -0.05) is 88.9 Å². The van der Waals surface area contributed by atoms with E-state index < -0.39 is 0 Å². The highest BCUT2D eigenvalue weighted by Crippen LogP contribution is 2.32. The SMILES string of the molecule is C/C=C\CNC(=O)C1(CN(CC)CCOC)CCN(CC)C1.C=C/C=C(/F)C/C=C\C/C=N/NC(C)=C(C)C.C=CN(CC)CCNc1ccc(C2=N/C=C\C=NCC2)cc1.CC. The van der Waals surface area contributed by atoms with Crippen LogP contribution in [0.2, 0.25) is 0 Å². The van der Waals surface area contributed by atoms with Crippen LogP contribution in [0.25, 0.3) is 0 Å². The largest absolute Gasteiger partial charge is 0.383 e. The molecule has 0 saturated carbocycles. The number of carbonyl (C=O) groups excluding carboxylic acids is 1. The second-order valence-corrected chi connectivity index (χ2v) is 14.9. The highest BCUT2D eigenvalue weighted by Gasteiger charge is 2.44. The van der Waals surface area contributed by atoms with Gasteiger partial charge in [-0.25, -0.2) is 4.39 Å². The van der Waals surface area contributed by atoms with Gasteiger partial charge in [0.25, 0.3) is 0 Å². The Morgan fingerprint density at radius 1 is 1.06 bits per heavy atom. The van der Waals surface area contributed by atoms with E-state index in [9.17, 15) is 9.18 Å². The van der Waals surface area contributed by atoms with E-state index in [4.69, 9.17) is 4.74 Å². The third-order valence-electron chi connectivity index (χ3n) is 10.3. The van der Waals surface area contributed by atoms with Crippen LogP contribution in [0.15, 0.2) is 125 Å². The first kappa shape index (κ1) is 58.1. The van der Waals surface area contributed by atoms with Gasteiger partial charge >= 0.3 is 0 Å². The third kappa shape index (κ3) is 26.3. The smallest absolute Gasteiger partial charge is 0.229 e. The Bertz CT molecular complexity index is 1640. The number of aliphatic imine (C=N–C) groups is 2. The number of carbonyl (C=O) groups is 1. The highest BCUT2D eigenvalue weighted by molar-refractivity contribution is 6.01. The van der Waals surface area contributed by atoms with Crippen molar-refractivity contribution >= 4 is 29.7 Å². The average molecular weight is 874 g/mol. The minimum absolute atomic E-state index is 0.188. The maximum atomic E-state index is 12.9. The lowest BCUT2D eigenvalue weighted by atomic mass is 9.85. The number of benzene rings is 1. The topological polar surface area (TPSA) is 109 Å². The lowest BCUT2D eigenvalue weighted by Gasteiger charge is -2.33. The van der Waals surface area contributed by atoms with Crippen molar-refractivity contribution in [2.45, 2.75) is 88.0 Å². The summed E-state index contributed by atoms with van der Waals surface area (Å²) in [6.07, 6.45) is 22.3. The molecule has 3 rings (SSSR count). The number of rotatable bonds is 24. The minimum Gasteiger partial charge on any atom is -0.383 e. The van der Waals surface area contributed by atoms with Gasteiger partial charge in [0.15, 0.2) is 0 Å². The van der Waals surface area contributed by atoms with Crippen LogP contribution in [0.4, 0.5) is 10.1 Å². The molecule has 352 valence electrons. The average Bonchev–Trinajstić information content (AvgIpc) is 3.72. The van der Waals surface area contributed by atoms with E-state index in [0.717, 1.165) is 101 Å². The summed E-state index contributed by atoms with van der Waals surface area (Å²) in [6.45, 7) is 36.1. The number of halogens is 1. The predicted molar refractivity (Wildman–Crippen MR) is 272 cm³/mol. The molecule has 2 aliphatic heterocycles. The third-order valence-corrected chi connectivity index (χ3v) is 10.3. The number of nitrogens with one attached hydrogen (secondary N) is 3. The van der Waals surface area contributed by atoms with Gasteiger partial charge in [-0.3, -0.25) is 20.2 Å². The Hall–Kier alpha value is -4.91. The van der Waals surface area contributed by atoms with Crippen LogP contribution < -0.4 is 16.1 Å². The standard InChI is InChI=1S/C18H24N4.C17H33N3O2.C14H21FN2.C2H6/c1-3-22(4-2)15-14-20-17-8-6-16(7-9-17)18-10-13-19-11-5-12-21-18;1-5-8-10-18-16(21)17(9-11-19(6-2)14-17)15-20(7-3)12-13-22-4;1-5-9-14(15)10-7-6-8-11-16-17-13(4)12(2)3;1-2/h3,5-9,11-12,20H,1,4,10,13-15H2,2H3;5,8H,6-7,9-15H2,1-4H3,(H,18,21);5-7,9,11,17H,1,8,10H2,2-4H3;1-2H3/b12-5-,19-11?,21-18?;8-5-;7-6-,14-9+,16-11+;. The number of anilines is 1. The Morgan fingerprint density at radius 3 is 2.41 bits per heavy atom. The molecule has 1 saturated heterocycles. The van der Waals surface area contributed by atoms with Gasteiger partial charge in [0.1, 0.15) is 5.83 Å². The summed E-state index contributed by atoms with van der Waals surface area (Å²) in [4.78, 5) is 28.5. The van der Waals surface area contributed by atoms with Crippen LogP contribution in [0.5, 0.6) is 0 Å². The van der Waals surface area contributed by atoms with E-state index in [1.54, 1.807) is 31.8 Å². The number of nitrogens with zero attached hydrogens (tertiary/aromatic N) is 6. The molecule has 0 radical (unpaired) electrons. The summed E-state index contributed by atoms with van der Waals surface area (Å²) < 4.78 is 18.1. The molecule has 0 spiro atoms. The quantitative estimate of drug-likeness (QED) is 0.0411. The lowest BCUT2D eigenvalue weighted by molar-refractivity contribution is -0.131. The van der Waals surface area contributed by atoms with Gasteiger partial charge in [0, 0.05) is 114 Å². The zero-order chi connectivity index (χ0) is 47.1. The number of ether oxygens (including phenoxy) is 1. The van der Waals surface area contributed by atoms with Gasteiger partial charge in [-0.2, -0.15) is 5.10 Å². The van der Waals surface area contributed by atoms with Crippen molar-refractivity contribution in [1.82, 2.24) is 25.4 Å². The van der Waals surface area contributed by atoms with E-state index in [1.807, 2.05) is 72.0 Å². The summed E-state index contributed by atoms with van der Waals surface area (Å²) in [6, 6.07) is 8.44. The van der Waals surface area contributed by atoms with Crippen molar-refractivity contribution in [3.05, 3.63) is 115 Å². The number of amides is 1. The molecule has 1 aromatic carbocycles. The van der Waals surface area contributed by atoms with E-state index in [1.165, 1.54) is 17.7 Å². The van der Waals surface area contributed by atoms with Crippen LogP contribution >= 0.6 is 0 Å². The van der Waals surface area contributed by atoms with E-state index in [-0.39, 0.29) is 17.1 Å². The molecular formula is C51H84FN9O2. The fourth-order valence-electron chi connectivity index (χ4n) is 6.19. The van der Waals surface area contributed by atoms with Crippen molar-refractivity contribution in [3.63, 3.8) is 0 Å². The lowest BCUT2D eigenvalue weighted by Crippen LogP contribution is -2.50. The summed E-state index contributed by atoms with van der Waals surface area (Å²) in [5.74, 6) is 0.00381. The molecule has 0 aromatic heterocycles. The first-order valence-electron chi connectivity index (χ1n) is 22.8. The molecule has 12 heteroatoms. The predicted octanol–water partition coefficient (Wildman–Crippen LogP) is 9.98. The molecule has 2 heterocycles. The molecule has 1 amide bonds. The van der Waals surface area contributed by atoms with Gasteiger partial charge in [-0.05, 0) is 96.7 Å². The fourth-order valence-corrected chi connectivity index (χ4v) is 6.19. The van der Waals surface area contributed by atoms with E-state index in [2.05, 4.69) is 104 Å². The van der Waals surface area contributed by atoms with Crippen molar-refractivity contribution < 1.29 is 13.9 Å². The highest BCUT2D eigenvalue weighted by atomic mass is 19.1. The zero-order valence-corrected chi connectivity index (χ0v) is 40.8. The maximum Gasteiger partial charge on any atom is 0.229 e. The van der Waals surface area contributed by atoms with Gasteiger partial charge in [-0.15, -0.1) is 0 Å². The van der Waals surface area contributed by atoms with Crippen molar-refractivity contribution in [2.75, 3.05) is 91.0 Å². The molecule has 1 atom stereocenters. The zero-order valence-electron chi connectivity index (χ0n) is 40.8. The molecule has 11 nitrogen and oxygen atoms in total. The molecule has 63 heavy (non-hydrogen) atoms. The van der Waals surface area contributed by atoms with Crippen LogP contribution in [-0.2, 0) is 9.53 Å². The number of allylic oxidation sites excluding steroid dienone is 9. The normalized spacial score (nSPS) is 16.7. The van der Waals surface area contributed by atoms with Gasteiger partial charge < -0.3 is 30.1 Å². The summed E-state index contributed by atoms with van der Waals surface area (Å²) >= 11 is 0. The number of hydrazone groups is 1. The number of likely N-dealkylation sites (N-methyl/N-ethyl adjacent to an activating group) is 2. The molecule has 2 aliphatic rings. The minimum atomic E-state index is -0.290. The van der Waals surface area contributed by atoms with Gasteiger partial charge in [0.05, 0.1) is 12.0 Å². The Balaban J connectivity index is 0.000000906. The number of methoxy groups -OCH3 is 1. The molecule has 0 bridgehead atoms. The molecular weight excluding hydrogens is 790 g/mol. The van der Waals surface area contributed by atoms with Crippen LogP contribution in [-0.4, -0.2) is 124 Å². The monoisotopic (exact) mass is 874 g/mol. The van der Waals surface area contributed by atoms with Crippen molar-refractivity contribution in [1.29, 1.82) is 0 Å². The number of likely N-dealkylation sites (tertiary alicyclic amines) is 1. The van der Waals surface area contributed by atoms with E-state index >= 15 is 0 Å². The number of hydrogen-bond acceptors (Lipinski definition) is 10. The molecule has 1 fully saturated rings.